The van der Waals surface area contributed by atoms with E-state index in [4.69, 9.17) is 0 Å². The highest BCUT2D eigenvalue weighted by atomic mass is 32.1. The van der Waals surface area contributed by atoms with Gasteiger partial charge in [-0.1, -0.05) is 170 Å². The van der Waals surface area contributed by atoms with Crippen LogP contribution in [0, 0.1) is 0 Å². The van der Waals surface area contributed by atoms with Gasteiger partial charge in [0.2, 0.25) is 0 Å². The largest absolute Gasteiger partial charge is 0.310 e. The Labute approximate surface area is 431 Å². The molecule has 0 aliphatic heterocycles. The zero-order valence-electron chi connectivity index (χ0n) is 39.6. The van der Waals surface area contributed by atoms with Crippen LogP contribution in [0.2, 0.25) is 0 Å². The second kappa shape index (κ2) is 18.0. The molecular weight excluding hydrogens is 923 g/mol. The van der Waals surface area contributed by atoms with Crippen LogP contribution in [0.3, 0.4) is 0 Å². The summed E-state index contributed by atoms with van der Waals surface area (Å²) in [5, 5.41) is 9.79. The van der Waals surface area contributed by atoms with Gasteiger partial charge in [-0.2, -0.15) is 0 Å². The predicted octanol–water partition coefficient (Wildman–Crippen LogP) is 20.8. The van der Waals surface area contributed by atoms with Crippen molar-refractivity contribution >= 4 is 136 Å². The SMILES string of the molecule is c1ccc(N(c2cc(-c3cccc4c3sc3cccc(N(c5ccccc5)c5ccc6sc7ccccc7c6c5)c34)cc(N(c3ccccc3)c3cccc4ccccc34)c2)c2cccc3ccccc23)cc1. The molecule has 0 amide bonds. The second-order valence-electron chi connectivity index (χ2n) is 18.5. The zero-order valence-corrected chi connectivity index (χ0v) is 41.3. The number of anilines is 9. The van der Waals surface area contributed by atoms with E-state index in [2.05, 4.69) is 288 Å². The molecule has 12 aromatic carbocycles. The lowest BCUT2D eigenvalue weighted by atomic mass is 9.98. The number of thiophene rings is 2. The molecule has 0 N–H and O–H groups in total. The van der Waals surface area contributed by atoms with Crippen molar-refractivity contribution in [2.75, 3.05) is 14.7 Å². The van der Waals surface area contributed by atoms with Crippen molar-refractivity contribution in [3.05, 3.63) is 273 Å². The van der Waals surface area contributed by atoms with Gasteiger partial charge in [-0.05, 0) is 125 Å². The topological polar surface area (TPSA) is 9.72 Å². The van der Waals surface area contributed by atoms with E-state index in [0.717, 1.165) is 56.7 Å². The van der Waals surface area contributed by atoms with E-state index in [1.165, 1.54) is 67.5 Å². The monoisotopic (exact) mass is 967 g/mol. The maximum absolute atomic E-state index is 2.45. The Kier molecular flexibility index (Phi) is 10.6. The fourth-order valence-electron chi connectivity index (χ4n) is 10.9. The summed E-state index contributed by atoms with van der Waals surface area (Å²) in [6.07, 6.45) is 0. The lowest BCUT2D eigenvalue weighted by molar-refractivity contribution is 1.26. The Balaban J connectivity index is 1.03. The van der Waals surface area contributed by atoms with Gasteiger partial charge in [-0.25, -0.2) is 0 Å². The van der Waals surface area contributed by atoms with E-state index in [0.29, 0.717) is 0 Å². The van der Waals surface area contributed by atoms with Crippen LogP contribution in [0.25, 0.3) is 73.0 Å². The number of hydrogen-bond donors (Lipinski definition) is 0. The molecule has 0 fully saturated rings. The molecule has 2 aromatic heterocycles. The average molecular weight is 968 g/mol. The van der Waals surface area contributed by atoms with Gasteiger partial charge in [0, 0.05) is 85.2 Å². The molecule has 5 heteroatoms. The van der Waals surface area contributed by atoms with Crippen molar-refractivity contribution in [3.63, 3.8) is 0 Å². The molecule has 0 unspecified atom stereocenters. The van der Waals surface area contributed by atoms with E-state index in [1.54, 1.807) is 0 Å². The molecule has 0 bridgehead atoms. The van der Waals surface area contributed by atoms with Gasteiger partial charge < -0.3 is 14.7 Å². The maximum Gasteiger partial charge on any atom is 0.0554 e. The number of fused-ring (bicyclic) bond motifs is 8. The Morgan fingerprint density at radius 1 is 0.247 bits per heavy atom. The van der Waals surface area contributed by atoms with Crippen molar-refractivity contribution in [2.45, 2.75) is 0 Å². The Bertz CT molecular complexity index is 4200. The number of para-hydroxylation sites is 3. The molecule has 0 radical (unpaired) electrons. The molecule has 0 aliphatic rings. The van der Waals surface area contributed by atoms with Gasteiger partial charge in [0.25, 0.3) is 0 Å². The molecule has 0 saturated heterocycles. The number of hydrogen-bond acceptors (Lipinski definition) is 5. The van der Waals surface area contributed by atoms with E-state index < -0.39 is 0 Å². The van der Waals surface area contributed by atoms with Gasteiger partial charge in [-0.15, -0.1) is 22.7 Å². The fraction of sp³-hybridized carbons (Fsp3) is 0. The first-order valence-electron chi connectivity index (χ1n) is 24.7. The molecule has 0 atom stereocenters. The summed E-state index contributed by atoms with van der Waals surface area (Å²) < 4.78 is 5.08. The third-order valence-electron chi connectivity index (χ3n) is 14.1. The maximum atomic E-state index is 2.45. The molecule has 73 heavy (non-hydrogen) atoms. The van der Waals surface area contributed by atoms with Crippen molar-refractivity contribution in [3.8, 4) is 11.1 Å². The summed E-state index contributed by atoms with van der Waals surface area (Å²) in [5.74, 6) is 0. The number of nitrogens with zero attached hydrogens (tertiary/aromatic N) is 3. The summed E-state index contributed by atoms with van der Waals surface area (Å²) in [5.41, 5.74) is 12.2. The summed E-state index contributed by atoms with van der Waals surface area (Å²) >= 11 is 3.73. The molecule has 14 aromatic rings. The van der Waals surface area contributed by atoms with E-state index in [-0.39, 0.29) is 0 Å². The molecule has 344 valence electrons. The van der Waals surface area contributed by atoms with Crippen molar-refractivity contribution in [1.82, 2.24) is 0 Å². The van der Waals surface area contributed by atoms with Crippen LogP contribution in [0.15, 0.2) is 273 Å². The van der Waals surface area contributed by atoms with Crippen molar-refractivity contribution < 1.29 is 0 Å². The van der Waals surface area contributed by atoms with Crippen LogP contribution in [-0.4, -0.2) is 0 Å². The van der Waals surface area contributed by atoms with E-state index in [1.807, 2.05) is 22.7 Å². The zero-order chi connectivity index (χ0) is 48.2. The van der Waals surface area contributed by atoms with Gasteiger partial charge in [0.05, 0.1) is 17.1 Å². The fourth-order valence-corrected chi connectivity index (χ4v) is 13.3. The van der Waals surface area contributed by atoms with E-state index in [9.17, 15) is 0 Å². The Morgan fingerprint density at radius 2 is 0.699 bits per heavy atom. The first-order valence-corrected chi connectivity index (χ1v) is 26.4. The molecule has 14 rings (SSSR count). The van der Waals surface area contributed by atoms with E-state index >= 15 is 0 Å². The highest BCUT2D eigenvalue weighted by Gasteiger charge is 2.24. The third-order valence-corrected chi connectivity index (χ3v) is 16.5. The first kappa shape index (κ1) is 42.8. The van der Waals surface area contributed by atoms with Crippen LogP contribution in [0.1, 0.15) is 0 Å². The standard InChI is InChI=1S/C68H45N3S2/c1-4-24-49(25-5-1)69(52-40-41-65-60(45-52)58-32-14-15-38-64(58)72-65)63-37-19-39-66-67(63)59-34-18-33-57(68(59)73-66)48-42-53(70(50-26-6-2-7-27-50)61-35-16-22-46-20-10-12-30-55(46)61)44-54(43-48)71(51-28-8-3-9-29-51)62-36-17-23-47-21-11-13-31-56(47)62/h1-45H. The van der Waals surface area contributed by atoms with Crippen molar-refractivity contribution in [2.24, 2.45) is 0 Å². The molecular formula is C68H45N3S2. The molecule has 0 saturated carbocycles. The van der Waals surface area contributed by atoms with Crippen molar-refractivity contribution in [1.29, 1.82) is 0 Å². The normalized spacial score (nSPS) is 11.6. The smallest absolute Gasteiger partial charge is 0.0554 e. The summed E-state index contributed by atoms with van der Waals surface area (Å²) in [6.45, 7) is 0. The lowest BCUT2D eigenvalue weighted by Crippen LogP contribution is -2.14. The summed E-state index contributed by atoms with van der Waals surface area (Å²) in [4.78, 5) is 7.33. The highest BCUT2D eigenvalue weighted by Crippen LogP contribution is 2.51. The van der Waals surface area contributed by atoms with Gasteiger partial charge in [-0.3, -0.25) is 0 Å². The van der Waals surface area contributed by atoms with Gasteiger partial charge in [0.1, 0.15) is 0 Å². The minimum absolute atomic E-state index is 1.06. The first-order chi connectivity index (χ1) is 36.2. The number of benzene rings is 12. The van der Waals surface area contributed by atoms with Gasteiger partial charge in [0.15, 0.2) is 0 Å². The minimum atomic E-state index is 1.06. The Morgan fingerprint density at radius 3 is 1.32 bits per heavy atom. The predicted molar refractivity (Wildman–Crippen MR) is 317 cm³/mol. The third kappa shape index (κ3) is 7.48. The Hall–Kier alpha value is -9.00. The number of rotatable bonds is 10. The van der Waals surface area contributed by atoms with Crippen LogP contribution in [-0.2, 0) is 0 Å². The molecule has 2 heterocycles. The average Bonchev–Trinajstić information content (AvgIpc) is 4.03. The minimum Gasteiger partial charge on any atom is -0.310 e. The van der Waals surface area contributed by atoms with Crippen LogP contribution >= 0.6 is 22.7 Å². The highest BCUT2D eigenvalue weighted by molar-refractivity contribution is 7.26. The second-order valence-corrected chi connectivity index (χ2v) is 20.6. The summed E-state index contributed by atoms with van der Waals surface area (Å²) in [7, 11) is 0. The quantitative estimate of drug-likeness (QED) is 0.135. The van der Waals surface area contributed by atoms with Gasteiger partial charge >= 0.3 is 0 Å². The van der Waals surface area contributed by atoms with Crippen LogP contribution < -0.4 is 14.7 Å². The molecule has 3 nitrogen and oxygen atoms in total. The molecule has 0 spiro atoms. The van der Waals surface area contributed by atoms with Crippen LogP contribution in [0.5, 0.6) is 0 Å². The summed E-state index contributed by atoms with van der Waals surface area (Å²) in [6, 6.07) is 99.8. The molecule has 0 aliphatic carbocycles. The van der Waals surface area contributed by atoms with Crippen LogP contribution in [0.4, 0.5) is 51.2 Å². The lowest BCUT2D eigenvalue weighted by Gasteiger charge is -2.31.